The van der Waals surface area contributed by atoms with Crippen molar-refractivity contribution in [3.05, 3.63) is 28.7 Å². The molecule has 0 radical (unpaired) electrons. The molecule has 19 heavy (non-hydrogen) atoms. The van der Waals surface area contributed by atoms with Crippen LogP contribution in [0.3, 0.4) is 0 Å². The van der Waals surface area contributed by atoms with E-state index in [2.05, 4.69) is 4.98 Å². The first-order valence-corrected chi connectivity index (χ1v) is 6.73. The number of carbonyl (C=O) groups excluding carboxylic acids is 2. The van der Waals surface area contributed by atoms with E-state index >= 15 is 0 Å². The van der Waals surface area contributed by atoms with Crippen LogP contribution in [0.15, 0.2) is 23.1 Å². The molecule has 1 aromatic heterocycles. The smallest absolute Gasteiger partial charge is 0.248 e. The number of amides is 2. The zero-order valence-electron chi connectivity index (χ0n) is 10.3. The number of imide groups is 1. The van der Waals surface area contributed by atoms with Gasteiger partial charge in [0.15, 0.2) is 0 Å². The normalized spacial score (nSPS) is 36.1. The molecule has 1 aromatic rings. The molecule has 2 heterocycles. The molecule has 0 spiro atoms. The Hall–Kier alpha value is -1.91. The number of H-pyrrole nitrogens is 1. The number of fused-ring (bicyclic) bond motifs is 5. The summed E-state index contributed by atoms with van der Waals surface area (Å²) >= 11 is 0. The lowest BCUT2D eigenvalue weighted by Crippen LogP contribution is -2.33. The van der Waals surface area contributed by atoms with Gasteiger partial charge < -0.3 is 4.98 Å². The standard InChI is InChI=1S/C14H14N2O3/c17-10-4-3-9(6-15-10)16-13(18)11-7-1-2-8(5-7)12(11)14(16)19/h3-4,6-8,11-12H,1-2,5H2,(H,15,17). The van der Waals surface area contributed by atoms with Crippen molar-refractivity contribution in [2.45, 2.75) is 19.3 Å². The van der Waals surface area contributed by atoms with Crippen LogP contribution in [0, 0.1) is 23.7 Å². The minimum absolute atomic E-state index is 0.0748. The zero-order chi connectivity index (χ0) is 13.1. The number of nitrogens with one attached hydrogen (secondary N) is 1. The van der Waals surface area contributed by atoms with Gasteiger partial charge in [-0.1, -0.05) is 0 Å². The molecule has 4 rings (SSSR count). The second-order valence-electron chi connectivity index (χ2n) is 5.81. The first-order valence-electron chi connectivity index (χ1n) is 6.73. The van der Waals surface area contributed by atoms with Crippen LogP contribution < -0.4 is 10.5 Å². The summed E-state index contributed by atoms with van der Waals surface area (Å²) in [5.41, 5.74) is 0.256. The fourth-order valence-electron chi connectivity index (χ4n) is 4.20. The van der Waals surface area contributed by atoms with Crippen LogP contribution in [0.5, 0.6) is 0 Å². The van der Waals surface area contributed by atoms with Crippen LogP contribution >= 0.6 is 0 Å². The lowest BCUT2D eigenvalue weighted by Gasteiger charge is -2.19. The lowest BCUT2D eigenvalue weighted by atomic mass is 9.81. The van der Waals surface area contributed by atoms with Crippen LogP contribution in [0.1, 0.15) is 19.3 Å². The van der Waals surface area contributed by atoms with Crippen LogP contribution in [0.25, 0.3) is 0 Å². The van der Waals surface area contributed by atoms with Gasteiger partial charge in [-0.3, -0.25) is 14.4 Å². The predicted molar refractivity (Wildman–Crippen MR) is 67.4 cm³/mol. The molecule has 5 nitrogen and oxygen atoms in total. The van der Waals surface area contributed by atoms with Gasteiger partial charge in [0, 0.05) is 12.3 Å². The number of aromatic amines is 1. The van der Waals surface area contributed by atoms with E-state index in [0.717, 1.165) is 19.3 Å². The van der Waals surface area contributed by atoms with Gasteiger partial charge in [0.25, 0.3) is 0 Å². The zero-order valence-corrected chi connectivity index (χ0v) is 10.3. The van der Waals surface area contributed by atoms with Gasteiger partial charge in [0.1, 0.15) is 0 Å². The number of carbonyl (C=O) groups is 2. The molecule has 2 aliphatic carbocycles. The van der Waals surface area contributed by atoms with E-state index in [4.69, 9.17) is 0 Å². The third kappa shape index (κ3) is 1.33. The van der Waals surface area contributed by atoms with Gasteiger partial charge in [-0.2, -0.15) is 0 Å². The molecular weight excluding hydrogens is 244 g/mol. The Labute approximate surface area is 109 Å². The van der Waals surface area contributed by atoms with Crippen molar-refractivity contribution in [2.75, 3.05) is 4.90 Å². The largest absolute Gasteiger partial charge is 0.327 e. The topological polar surface area (TPSA) is 70.2 Å². The number of nitrogens with zero attached hydrogens (tertiary/aromatic N) is 1. The first kappa shape index (κ1) is 11.0. The Bertz CT molecular complexity index is 587. The summed E-state index contributed by atoms with van der Waals surface area (Å²) in [6.45, 7) is 0. The molecule has 2 saturated carbocycles. The van der Waals surface area contributed by atoms with Crippen molar-refractivity contribution < 1.29 is 9.59 Å². The maximum Gasteiger partial charge on any atom is 0.248 e. The molecule has 0 aromatic carbocycles. The summed E-state index contributed by atoms with van der Waals surface area (Å²) in [7, 11) is 0. The molecule has 2 amide bonds. The molecule has 2 bridgehead atoms. The predicted octanol–water partition coefficient (Wildman–Crippen LogP) is 0.910. The van der Waals surface area contributed by atoms with Crippen LogP contribution in [0.2, 0.25) is 0 Å². The van der Waals surface area contributed by atoms with E-state index in [-0.39, 0.29) is 29.2 Å². The summed E-state index contributed by atoms with van der Waals surface area (Å²) < 4.78 is 0. The lowest BCUT2D eigenvalue weighted by molar-refractivity contribution is -0.123. The third-order valence-corrected chi connectivity index (χ3v) is 4.95. The van der Waals surface area contributed by atoms with Crippen molar-refractivity contribution in [3.8, 4) is 0 Å². The van der Waals surface area contributed by atoms with Gasteiger partial charge in [0.05, 0.1) is 17.5 Å². The maximum absolute atomic E-state index is 12.5. The quantitative estimate of drug-likeness (QED) is 0.761. The van der Waals surface area contributed by atoms with Gasteiger partial charge in [-0.25, -0.2) is 4.90 Å². The molecular formula is C14H14N2O3. The number of pyridine rings is 1. The number of anilines is 1. The van der Waals surface area contributed by atoms with E-state index < -0.39 is 0 Å². The van der Waals surface area contributed by atoms with Crippen LogP contribution in [0.4, 0.5) is 5.69 Å². The number of hydrogen-bond donors (Lipinski definition) is 1. The Kier molecular flexibility index (Phi) is 2.05. The monoisotopic (exact) mass is 258 g/mol. The molecule has 3 fully saturated rings. The van der Waals surface area contributed by atoms with E-state index in [9.17, 15) is 14.4 Å². The molecule has 98 valence electrons. The average molecular weight is 258 g/mol. The SMILES string of the molecule is O=C1C2C3CCC(C3)C2C(=O)N1c1ccc(=O)[nH]c1. The molecule has 5 heteroatoms. The van der Waals surface area contributed by atoms with Gasteiger partial charge in [0.2, 0.25) is 17.4 Å². The highest BCUT2D eigenvalue weighted by Crippen LogP contribution is 2.56. The van der Waals surface area contributed by atoms with Crippen LogP contribution in [-0.2, 0) is 9.59 Å². The molecule has 1 saturated heterocycles. The molecule has 4 unspecified atom stereocenters. The van der Waals surface area contributed by atoms with E-state index in [1.807, 2.05) is 0 Å². The highest BCUT2D eigenvalue weighted by Gasteiger charge is 2.61. The van der Waals surface area contributed by atoms with Gasteiger partial charge in [-0.15, -0.1) is 0 Å². The highest BCUT2D eigenvalue weighted by atomic mass is 16.2. The Morgan fingerprint density at radius 3 is 2.16 bits per heavy atom. The fourth-order valence-corrected chi connectivity index (χ4v) is 4.20. The van der Waals surface area contributed by atoms with E-state index in [1.165, 1.54) is 23.2 Å². The van der Waals surface area contributed by atoms with E-state index in [1.54, 1.807) is 0 Å². The molecule has 3 aliphatic rings. The molecule has 4 atom stereocenters. The summed E-state index contributed by atoms with van der Waals surface area (Å²) in [6.07, 6.45) is 4.63. The number of hydrogen-bond acceptors (Lipinski definition) is 3. The Morgan fingerprint density at radius 1 is 1.00 bits per heavy atom. The van der Waals surface area contributed by atoms with Gasteiger partial charge >= 0.3 is 0 Å². The second kappa shape index (κ2) is 3.56. The van der Waals surface area contributed by atoms with Crippen molar-refractivity contribution in [1.82, 2.24) is 4.98 Å². The van der Waals surface area contributed by atoms with Crippen molar-refractivity contribution in [2.24, 2.45) is 23.7 Å². The highest BCUT2D eigenvalue weighted by molar-refractivity contribution is 6.22. The minimum Gasteiger partial charge on any atom is -0.327 e. The summed E-state index contributed by atoms with van der Waals surface area (Å²) in [6, 6.07) is 2.89. The van der Waals surface area contributed by atoms with Gasteiger partial charge in [-0.05, 0) is 37.2 Å². The third-order valence-electron chi connectivity index (χ3n) is 4.95. The van der Waals surface area contributed by atoms with Crippen molar-refractivity contribution in [1.29, 1.82) is 0 Å². The maximum atomic E-state index is 12.5. The van der Waals surface area contributed by atoms with Crippen LogP contribution in [-0.4, -0.2) is 16.8 Å². The first-order chi connectivity index (χ1) is 9.16. The van der Waals surface area contributed by atoms with Crippen molar-refractivity contribution >= 4 is 17.5 Å². The second-order valence-corrected chi connectivity index (χ2v) is 5.81. The Morgan fingerprint density at radius 2 is 1.63 bits per heavy atom. The minimum atomic E-state index is -0.233. The average Bonchev–Trinajstić information content (AvgIpc) is 3.06. The number of rotatable bonds is 1. The molecule has 1 N–H and O–H groups in total. The van der Waals surface area contributed by atoms with Crippen molar-refractivity contribution in [3.63, 3.8) is 0 Å². The summed E-state index contributed by atoms with van der Waals surface area (Å²) in [5.74, 6) is 0.401. The number of aromatic nitrogens is 1. The summed E-state index contributed by atoms with van der Waals surface area (Å²) in [5, 5.41) is 0. The molecule has 1 aliphatic heterocycles. The van der Waals surface area contributed by atoms with E-state index in [0.29, 0.717) is 17.5 Å². The Balaban J connectivity index is 1.75. The summed E-state index contributed by atoms with van der Waals surface area (Å²) in [4.78, 5) is 39.8. The fraction of sp³-hybridized carbons (Fsp3) is 0.500.